The predicted octanol–water partition coefficient (Wildman–Crippen LogP) is 2.23. The first-order valence-electron chi connectivity index (χ1n) is 5.30. The molecule has 0 heterocycles. The SMILES string of the molecule is O=C(OOC(=O)c1ccccc1)c1ccccc1.[Si]. The second-order valence-electron chi connectivity index (χ2n) is 3.47. The van der Waals surface area contributed by atoms with Crippen LogP contribution in [0, 0.1) is 0 Å². The minimum absolute atomic E-state index is 0. The molecular weight excluding hydrogens is 260 g/mol. The van der Waals surface area contributed by atoms with E-state index in [4.69, 9.17) is 0 Å². The summed E-state index contributed by atoms with van der Waals surface area (Å²) in [5, 5.41) is 0. The van der Waals surface area contributed by atoms with Gasteiger partial charge in [0.2, 0.25) is 0 Å². The van der Waals surface area contributed by atoms with Gasteiger partial charge in [0.1, 0.15) is 0 Å². The van der Waals surface area contributed by atoms with Gasteiger partial charge in [0, 0.05) is 11.0 Å². The van der Waals surface area contributed by atoms with Crippen molar-refractivity contribution in [1.82, 2.24) is 0 Å². The van der Waals surface area contributed by atoms with Crippen LogP contribution in [-0.2, 0) is 9.78 Å². The van der Waals surface area contributed by atoms with E-state index in [9.17, 15) is 9.59 Å². The molecule has 0 spiro atoms. The molecule has 5 heteroatoms. The lowest BCUT2D eigenvalue weighted by Crippen LogP contribution is -2.11. The van der Waals surface area contributed by atoms with E-state index in [2.05, 4.69) is 9.78 Å². The molecule has 0 aliphatic rings. The molecule has 0 aliphatic heterocycles. The summed E-state index contributed by atoms with van der Waals surface area (Å²) in [6.45, 7) is 0. The van der Waals surface area contributed by atoms with Gasteiger partial charge in [0.15, 0.2) is 0 Å². The molecule has 0 amide bonds. The van der Waals surface area contributed by atoms with Crippen molar-refractivity contribution in [3.05, 3.63) is 71.8 Å². The standard InChI is InChI=1S/C14H10O4.Si/c15-13(11-7-3-1-4-8-11)17-18-14(16)12-9-5-2-6-10-12;/h1-10H;. The molecule has 2 aromatic carbocycles. The highest BCUT2D eigenvalue weighted by Crippen LogP contribution is 2.05. The Morgan fingerprint density at radius 1 is 0.632 bits per heavy atom. The quantitative estimate of drug-likeness (QED) is 0.477. The Balaban J connectivity index is 0.00000180. The monoisotopic (exact) mass is 270 g/mol. The summed E-state index contributed by atoms with van der Waals surface area (Å²) in [6.07, 6.45) is 0. The summed E-state index contributed by atoms with van der Waals surface area (Å²) in [5.74, 6) is -1.42. The van der Waals surface area contributed by atoms with E-state index < -0.39 is 11.9 Å². The zero-order chi connectivity index (χ0) is 12.8. The third-order valence-corrected chi connectivity index (χ3v) is 2.21. The molecule has 4 nitrogen and oxygen atoms in total. The van der Waals surface area contributed by atoms with Crippen LogP contribution in [0.3, 0.4) is 0 Å². The second-order valence-corrected chi connectivity index (χ2v) is 3.47. The average Bonchev–Trinajstić information content (AvgIpc) is 2.46. The van der Waals surface area contributed by atoms with E-state index in [0.717, 1.165) is 0 Å². The van der Waals surface area contributed by atoms with Crippen LogP contribution in [0.15, 0.2) is 60.7 Å². The van der Waals surface area contributed by atoms with Crippen molar-refractivity contribution >= 4 is 22.9 Å². The van der Waals surface area contributed by atoms with Crippen LogP contribution < -0.4 is 0 Å². The summed E-state index contributed by atoms with van der Waals surface area (Å²) in [6, 6.07) is 16.6. The number of hydrogen-bond donors (Lipinski definition) is 0. The highest BCUT2D eigenvalue weighted by molar-refractivity contribution is 5.92. The molecule has 4 radical (unpaired) electrons. The van der Waals surface area contributed by atoms with Crippen molar-refractivity contribution in [3.63, 3.8) is 0 Å². The van der Waals surface area contributed by atoms with Crippen molar-refractivity contribution in [2.45, 2.75) is 0 Å². The van der Waals surface area contributed by atoms with Crippen LogP contribution in [0.1, 0.15) is 20.7 Å². The van der Waals surface area contributed by atoms with Gasteiger partial charge in [-0.05, 0) is 24.3 Å². The lowest BCUT2D eigenvalue weighted by molar-refractivity contribution is -0.187. The highest BCUT2D eigenvalue weighted by atomic mass is 28.1. The zero-order valence-corrected chi connectivity index (χ0v) is 10.9. The Morgan fingerprint density at radius 3 is 1.26 bits per heavy atom. The second kappa shape index (κ2) is 7.12. The Labute approximate surface area is 114 Å². The van der Waals surface area contributed by atoms with Crippen molar-refractivity contribution in [2.75, 3.05) is 0 Å². The van der Waals surface area contributed by atoms with Crippen LogP contribution >= 0.6 is 0 Å². The molecule has 0 N–H and O–H groups in total. The number of hydrogen-bond acceptors (Lipinski definition) is 4. The van der Waals surface area contributed by atoms with E-state index in [-0.39, 0.29) is 11.0 Å². The van der Waals surface area contributed by atoms with E-state index in [1.807, 2.05) is 0 Å². The van der Waals surface area contributed by atoms with Crippen LogP contribution in [0.5, 0.6) is 0 Å². The fraction of sp³-hybridized carbons (Fsp3) is 0. The van der Waals surface area contributed by atoms with Gasteiger partial charge in [-0.1, -0.05) is 36.4 Å². The molecule has 2 rings (SSSR count). The minimum atomic E-state index is -0.708. The third-order valence-electron chi connectivity index (χ3n) is 2.21. The van der Waals surface area contributed by atoms with E-state index in [0.29, 0.717) is 11.1 Å². The molecule has 0 saturated heterocycles. The van der Waals surface area contributed by atoms with Gasteiger partial charge in [-0.2, -0.15) is 0 Å². The molecule has 0 unspecified atom stereocenters. The van der Waals surface area contributed by atoms with Crippen LogP contribution in [0.2, 0.25) is 0 Å². The number of carbonyl (C=O) groups is 2. The molecule has 19 heavy (non-hydrogen) atoms. The summed E-state index contributed by atoms with van der Waals surface area (Å²) < 4.78 is 0. The summed E-state index contributed by atoms with van der Waals surface area (Å²) in [5.41, 5.74) is 0.636. The normalized spacial score (nSPS) is 9.05. The first-order chi connectivity index (χ1) is 8.77. The fourth-order valence-electron chi connectivity index (χ4n) is 1.32. The molecule has 2 aromatic rings. The summed E-state index contributed by atoms with van der Waals surface area (Å²) in [7, 11) is 0. The lowest BCUT2D eigenvalue weighted by Gasteiger charge is -2.02. The number of rotatable bonds is 2. The molecule has 0 atom stereocenters. The Kier molecular flexibility index (Phi) is 5.50. The van der Waals surface area contributed by atoms with Crippen LogP contribution in [0.25, 0.3) is 0 Å². The fourth-order valence-corrected chi connectivity index (χ4v) is 1.32. The topological polar surface area (TPSA) is 52.6 Å². The van der Waals surface area contributed by atoms with Gasteiger partial charge in [-0.15, -0.1) is 0 Å². The molecular formula is C14H10O4Si. The Hall–Kier alpha value is -2.40. The van der Waals surface area contributed by atoms with Crippen LogP contribution in [0.4, 0.5) is 0 Å². The van der Waals surface area contributed by atoms with Gasteiger partial charge in [-0.3, -0.25) is 0 Å². The van der Waals surface area contributed by atoms with E-state index in [1.165, 1.54) is 0 Å². The molecule has 0 aromatic heterocycles. The molecule has 0 aliphatic carbocycles. The van der Waals surface area contributed by atoms with Crippen molar-refractivity contribution in [2.24, 2.45) is 0 Å². The van der Waals surface area contributed by atoms with Crippen molar-refractivity contribution < 1.29 is 19.4 Å². The largest absolute Gasteiger partial charge is 0.386 e. The average molecular weight is 270 g/mol. The maximum atomic E-state index is 11.5. The number of benzene rings is 2. The Bertz CT molecular complexity index is 488. The lowest BCUT2D eigenvalue weighted by atomic mass is 10.2. The van der Waals surface area contributed by atoms with E-state index in [1.54, 1.807) is 60.7 Å². The van der Waals surface area contributed by atoms with Gasteiger partial charge in [-0.25, -0.2) is 19.4 Å². The molecule has 94 valence electrons. The Morgan fingerprint density at radius 2 is 0.947 bits per heavy atom. The third kappa shape index (κ3) is 4.08. The predicted molar refractivity (Wildman–Crippen MR) is 69.5 cm³/mol. The summed E-state index contributed by atoms with van der Waals surface area (Å²) >= 11 is 0. The van der Waals surface area contributed by atoms with Gasteiger partial charge < -0.3 is 0 Å². The van der Waals surface area contributed by atoms with Gasteiger partial charge >= 0.3 is 11.9 Å². The maximum absolute atomic E-state index is 11.5. The smallest absolute Gasteiger partial charge is 0.242 e. The van der Waals surface area contributed by atoms with Crippen molar-refractivity contribution in [3.8, 4) is 0 Å². The summed E-state index contributed by atoms with van der Waals surface area (Å²) in [4.78, 5) is 31.9. The van der Waals surface area contributed by atoms with Crippen LogP contribution in [-0.4, -0.2) is 22.9 Å². The number of carbonyl (C=O) groups excluding carboxylic acids is 2. The van der Waals surface area contributed by atoms with Gasteiger partial charge in [0.05, 0.1) is 11.1 Å². The molecule has 0 bridgehead atoms. The van der Waals surface area contributed by atoms with E-state index >= 15 is 0 Å². The molecule has 0 saturated carbocycles. The maximum Gasteiger partial charge on any atom is 0.386 e. The van der Waals surface area contributed by atoms with Crippen molar-refractivity contribution in [1.29, 1.82) is 0 Å². The zero-order valence-electron chi connectivity index (χ0n) is 9.91. The molecule has 0 fully saturated rings. The minimum Gasteiger partial charge on any atom is -0.242 e. The first kappa shape index (κ1) is 14.7. The highest BCUT2D eigenvalue weighted by Gasteiger charge is 2.12. The first-order valence-corrected chi connectivity index (χ1v) is 5.30. The van der Waals surface area contributed by atoms with Gasteiger partial charge in [0.25, 0.3) is 0 Å².